The van der Waals surface area contributed by atoms with Crippen LogP contribution >= 0.6 is 11.6 Å². The lowest BCUT2D eigenvalue weighted by Gasteiger charge is -2.20. The molecule has 0 heterocycles. The Balaban J connectivity index is 1.93. The summed E-state index contributed by atoms with van der Waals surface area (Å²) in [6.45, 7) is 3.86. The molecule has 0 amide bonds. The second-order valence-corrected chi connectivity index (χ2v) is 6.57. The Labute approximate surface area is 152 Å². The summed E-state index contributed by atoms with van der Waals surface area (Å²) in [6, 6.07) is 15.5. The molecule has 0 aliphatic carbocycles. The minimum absolute atomic E-state index is 0.00159. The van der Waals surface area contributed by atoms with Gasteiger partial charge in [0.2, 0.25) is 0 Å². The van der Waals surface area contributed by atoms with Crippen molar-refractivity contribution in [3.63, 3.8) is 0 Å². The topological polar surface area (TPSA) is 75.8 Å². The van der Waals surface area contributed by atoms with Crippen LogP contribution in [0.2, 0.25) is 5.02 Å². The zero-order valence-corrected chi connectivity index (χ0v) is 15.1. The third-order valence-corrected chi connectivity index (χ3v) is 3.76. The molecule has 3 N–H and O–H groups in total. The van der Waals surface area contributed by atoms with E-state index < -0.39 is 12.1 Å². The molecule has 6 heteroatoms. The van der Waals surface area contributed by atoms with Gasteiger partial charge in [0.25, 0.3) is 0 Å². The average molecular weight is 363 g/mol. The van der Waals surface area contributed by atoms with Gasteiger partial charge in [0.05, 0.1) is 12.6 Å². The molecule has 0 fully saturated rings. The van der Waals surface area contributed by atoms with Crippen LogP contribution in [0.4, 0.5) is 0 Å². The van der Waals surface area contributed by atoms with Crippen LogP contribution in [-0.4, -0.2) is 34.8 Å². The molecule has 0 radical (unpaired) electrons. The number of halogens is 1. The highest BCUT2D eigenvalue weighted by Crippen LogP contribution is 2.23. The predicted octanol–water partition coefficient (Wildman–Crippen LogP) is 3.00. The Hall–Kier alpha value is -1.92. The van der Waals surface area contributed by atoms with Crippen molar-refractivity contribution in [2.24, 2.45) is 5.84 Å². The first-order valence-corrected chi connectivity index (χ1v) is 8.46. The molecule has 0 aliphatic rings. The Bertz CT molecular complexity index is 704. The van der Waals surface area contributed by atoms with Crippen LogP contribution in [0, 0.1) is 0 Å². The van der Waals surface area contributed by atoms with Crippen molar-refractivity contribution in [2.75, 3.05) is 6.54 Å². The van der Waals surface area contributed by atoms with E-state index in [0.29, 0.717) is 11.6 Å². The van der Waals surface area contributed by atoms with Crippen LogP contribution in [0.15, 0.2) is 48.5 Å². The van der Waals surface area contributed by atoms with Gasteiger partial charge in [-0.25, -0.2) is 9.80 Å². The van der Waals surface area contributed by atoms with E-state index in [1.165, 1.54) is 5.01 Å². The molecule has 2 aromatic rings. The highest BCUT2D eigenvalue weighted by molar-refractivity contribution is 6.30. The van der Waals surface area contributed by atoms with E-state index in [4.69, 9.17) is 22.2 Å². The molecule has 5 nitrogen and oxygen atoms in total. The fraction of sp³-hybridized carbons (Fsp3) is 0.316. The Kier molecular flexibility index (Phi) is 6.96. The van der Waals surface area contributed by atoms with E-state index in [9.17, 15) is 9.90 Å². The summed E-state index contributed by atoms with van der Waals surface area (Å²) in [7, 11) is 0. The molecule has 0 saturated carbocycles. The largest absolute Gasteiger partial charge is 0.461 e. The van der Waals surface area contributed by atoms with E-state index in [2.05, 4.69) is 0 Å². The fourth-order valence-electron chi connectivity index (χ4n) is 2.38. The summed E-state index contributed by atoms with van der Waals surface area (Å²) >= 11 is 6.02. The molecule has 0 bridgehead atoms. The van der Waals surface area contributed by atoms with Crippen molar-refractivity contribution in [1.29, 1.82) is 0 Å². The van der Waals surface area contributed by atoms with Crippen molar-refractivity contribution < 1.29 is 14.6 Å². The van der Waals surface area contributed by atoms with Gasteiger partial charge in [-0.2, -0.15) is 0 Å². The van der Waals surface area contributed by atoms with Gasteiger partial charge in [-0.05, 0) is 42.7 Å². The van der Waals surface area contributed by atoms with E-state index in [-0.39, 0.29) is 12.6 Å². The molecule has 2 rings (SSSR count). The number of rotatable bonds is 7. The first-order chi connectivity index (χ1) is 11.8. The zero-order chi connectivity index (χ0) is 18.4. The lowest BCUT2D eigenvalue weighted by atomic mass is 10.0. The molecule has 25 heavy (non-hydrogen) atoms. The van der Waals surface area contributed by atoms with Gasteiger partial charge in [-0.15, -0.1) is 0 Å². The molecule has 0 spiro atoms. The van der Waals surface area contributed by atoms with Gasteiger partial charge in [-0.3, -0.25) is 5.84 Å². The number of carbonyl (C=O) groups is 1. The van der Waals surface area contributed by atoms with Crippen molar-refractivity contribution >= 4 is 17.6 Å². The summed E-state index contributed by atoms with van der Waals surface area (Å²) in [5, 5.41) is 11.9. The molecule has 0 saturated heterocycles. The number of ether oxygens (including phenoxy) is 1. The third-order valence-electron chi connectivity index (χ3n) is 3.53. The smallest absolute Gasteiger partial charge is 0.336 e. The average Bonchev–Trinajstić information content (AvgIpc) is 2.54. The summed E-state index contributed by atoms with van der Waals surface area (Å²) in [5.41, 5.74) is 3.06. The first-order valence-electron chi connectivity index (χ1n) is 8.08. The van der Waals surface area contributed by atoms with Crippen molar-refractivity contribution in [1.82, 2.24) is 5.01 Å². The lowest BCUT2D eigenvalue weighted by molar-refractivity contribution is -0.158. The van der Waals surface area contributed by atoms with Crippen molar-refractivity contribution in [2.45, 2.75) is 32.6 Å². The SMILES string of the molecule is CC(C)OC(=O)[C@@H](O)CN(N)Cc1ccc(-c2cccc(Cl)c2)cc1. The number of hydrogen-bond donors (Lipinski definition) is 2. The number of benzene rings is 2. The Morgan fingerprint density at radius 2 is 1.88 bits per heavy atom. The van der Waals surface area contributed by atoms with Gasteiger partial charge >= 0.3 is 5.97 Å². The second kappa shape index (κ2) is 8.97. The highest BCUT2D eigenvalue weighted by atomic mass is 35.5. The second-order valence-electron chi connectivity index (χ2n) is 6.14. The number of aliphatic hydroxyl groups is 1. The number of hydrogen-bond acceptors (Lipinski definition) is 5. The minimum Gasteiger partial charge on any atom is -0.461 e. The highest BCUT2D eigenvalue weighted by Gasteiger charge is 2.20. The lowest BCUT2D eigenvalue weighted by Crippen LogP contribution is -2.41. The molecule has 134 valence electrons. The molecular weight excluding hydrogens is 340 g/mol. The van der Waals surface area contributed by atoms with Crippen LogP contribution in [0.1, 0.15) is 19.4 Å². The number of nitrogens with zero attached hydrogens (tertiary/aromatic N) is 1. The quantitative estimate of drug-likeness (QED) is 0.450. The number of esters is 1. The Morgan fingerprint density at radius 1 is 1.20 bits per heavy atom. The van der Waals surface area contributed by atoms with Gasteiger partial charge < -0.3 is 9.84 Å². The maximum absolute atomic E-state index is 11.6. The first kappa shape index (κ1) is 19.4. The van der Waals surface area contributed by atoms with Gasteiger partial charge in [0, 0.05) is 11.6 Å². The number of carbonyl (C=O) groups excluding carboxylic acids is 1. The van der Waals surface area contributed by atoms with E-state index in [0.717, 1.165) is 16.7 Å². The van der Waals surface area contributed by atoms with Gasteiger partial charge in [0.15, 0.2) is 6.10 Å². The fourth-order valence-corrected chi connectivity index (χ4v) is 2.57. The van der Waals surface area contributed by atoms with E-state index in [1.807, 2.05) is 48.5 Å². The normalized spacial score (nSPS) is 12.4. The maximum atomic E-state index is 11.6. The number of nitrogens with two attached hydrogens (primary N) is 1. The number of aliphatic hydroxyl groups excluding tert-OH is 1. The molecule has 2 aromatic carbocycles. The van der Waals surface area contributed by atoms with Crippen LogP contribution in [0.25, 0.3) is 11.1 Å². The summed E-state index contributed by atoms with van der Waals surface area (Å²) in [5.74, 6) is 5.23. The molecule has 1 atom stereocenters. The summed E-state index contributed by atoms with van der Waals surface area (Å²) in [6.07, 6.45) is -1.54. The van der Waals surface area contributed by atoms with Crippen molar-refractivity contribution in [3.8, 4) is 11.1 Å². The summed E-state index contributed by atoms with van der Waals surface area (Å²) in [4.78, 5) is 11.6. The van der Waals surface area contributed by atoms with Crippen LogP contribution in [-0.2, 0) is 16.1 Å². The van der Waals surface area contributed by atoms with Gasteiger partial charge in [0.1, 0.15) is 0 Å². The van der Waals surface area contributed by atoms with E-state index >= 15 is 0 Å². The van der Waals surface area contributed by atoms with Crippen LogP contribution < -0.4 is 5.84 Å². The van der Waals surface area contributed by atoms with Crippen LogP contribution in [0.5, 0.6) is 0 Å². The van der Waals surface area contributed by atoms with Crippen LogP contribution in [0.3, 0.4) is 0 Å². The molecule has 0 aromatic heterocycles. The molecular formula is C19H23ClN2O3. The molecule has 0 unspecified atom stereocenters. The predicted molar refractivity (Wildman–Crippen MR) is 98.7 cm³/mol. The summed E-state index contributed by atoms with van der Waals surface area (Å²) < 4.78 is 4.96. The Morgan fingerprint density at radius 3 is 2.48 bits per heavy atom. The minimum atomic E-state index is -1.27. The standard InChI is InChI=1S/C19H23ClN2O3/c1-13(2)25-19(24)18(23)12-22(21)11-14-6-8-15(9-7-14)16-4-3-5-17(20)10-16/h3-10,13,18,23H,11-12,21H2,1-2H3/t18-/m0/s1. The van der Waals surface area contributed by atoms with Gasteiger partial charge in [-0.1, -0.05) is 48.0 Å². The van der Waals surface area contributed by atoms with Crippen molar-refractivity contribution in [3.05, 3.63) is 59.1 Å². The molecule has 0 aliphatic heterocycles. The third kappa shape index (κ3) is 6.14. The monoisotopic (exact) mass is 362 g/mol. The maximum Gasteiger partial charge on any atom is 0.336 e. The number of hydrazine groups is 1. The van der Waals surface area contributed by atoms with E-state index in [1.54, 1.807) is 13.8 Å². The zero-order valence-electron chi connectivity index (χ0n) is 14.4.